The SMILES string of the molecule is COc1c(C)c2c(c(NC(=O)C(F)(F)F)c1C/C=C/c1cccc(C)c1C(=O)O)C(=O)OC2. The van der Waals surface area contributed by atoms with Crippen molar-refractivity contribution in [3.05, 3.63) is 63.2 Å². The van der Waals surface area contributed by atoms with Gasteiger partial charge < -0.3 is 19.9 Å². The van der Waals surface area contributed by atoms with E-state index < -0.39 is 24.0 Å². The van der Waals surface area contributed by atoms with Crippen LogP contribution in [0.15, 0.2) is 24.3 Å². The summed E-state index contributed by atoms with van der Waals surface area (Å²) in [5.74, 6) is -4.03. The van der Waals surface area contributed by atoms with Crippen molar-refractivity contribution in [2.45, 2.75) is 33.1 Å². The smallest absolute Gasteiger partial charge is 0.471 e. The minimum absolute atomic E-state index is 0.0644. The molecule has 7 nitrogen and oxygen atoms in total. The van der Waals surface area contributed by atoms with Crippen molar-refractivity contribution in [1.29, 1.82) is 0 Å². The van der Waals surface area contributed by atoms with Gasteiger partial charge in [0.05, 0.1) is 23.9 Å². The van der Waals surface area contributed by atoms with E-state index in [2.05, 4.69) is 0 Å². The zero-order valence-electron chi connectivity index (χ0n) is 17.9. The molecule has 33 heavy (non-hydrogen) atoms. The number of carboxylic acids is 1. The number of hydrogen-bond acceptors (Lipinski definition) is 5. The van der Waals surface area contributed by atoms with Crippen LogP contribution < -0.4 is 10.1 Å². The molecule has 2 aromatic rings. The number of rotatable bonds is 6. The molecule has 10 heteroatoms. The van der Waals surface area contributed by atoms with E-state index >= 15 is 0 Å². The van der Waals surface area contributed by atoms with E-state index in [4.69, 9.17) is 9.47 Å². The Labute approximate surface area is 186 Å². The molecule has 0 aromatic heterocycles. The molecule has 1 heterocycles. The second kappa shape index (κ2) is 8.97. The highest BCUT2D eigenvalue weighted by atomic mass is 19.4. The summed E-state index contributed by atoms with van der Waals surface area (Å²) in [6.45, 7) is 3.11. The Morgan fingerprint density at radius 2 is 1.97 bits per heavy atom. The fourth-order valence-corrected chi connectivity index (χ4v) is 3.80. The summed E-state index contributed by atoms with van der Waals surface area (Å²) in [6.07, 6.45) is -2.22. The number of alkyl halides is 3. The van der Waals surface area contributed by atoms with Gasteiger partial charge in [0.2, 0.25) is 0 Å². The van der Waals surface area contributed by atoms with E-state index in [0.717, 1.165) is 0 Å². The number of anilines is 1. The number of carbonyl (C=O) groups excluding carboxylic acids is 2. The van der Waals surface area contributed by atoms with Gasteiger partial charge >= 0.3 is 24.0 Å². The zero-order chi connectivity index (χ0) is 24.5. The number of carboxylic acid groups (broad SMARTS) is 1. The Bertz CT molecular complexity index is 1180. The average molecular weight is 463 g/mol. The van der Waals surface area contributed by atoms with Crippen molar-refractivity contribution in [1.82, 2.24) is 0 Å². The first-order valence-electron chi connectivity index (χ1n) is 9.74. The number of halogens is 3. The topological polar surface area (TPSA) is 102 Å². The minimum Gasteiger partial charge on any atom is -0.496 e. The Morgan fingerprint density at radius 3 is 2.58 bits per heavy atom. The van der Waals surface area contributed by atoms with Crippen LogP contribution >= 0.6 is 0 Å². The third-order valence-electron chi connectivity index (χ3n) is 5.31. The number of hydrogen-bond donors (Lipinski definition) is 2. The van der Waals surface area contributed by atoms with Gasteiger partial charge in [0, 0.05) is 11.1 Å². The van der Waals surface area contributed by atoms with Gasteiger partial charge in [-0.05, 0) is 37.0 Å². The van der Waals surface area contributed by atoms with Crippen LogP contribution in [0.1, 0.15) is 48.5 Å². The molecule has 0 spiro atoms. The fraction of sp³-hybridized carbons (Fsp3) is 0.261. The summed E-state index contributed by atoms with van der Waals surface area (Å²) in [4.78, 5) is 35.6. The van der Waals surface area contributed by atoms with Crippen LogP contribution in [0.3, 0.4) is 0 Å². The van der Waals surface area contributed by atoms with Crippen molar-refractivity contribution < 1.29 is 42.1 Å². The molecule has 0 fully saturated rings. The van der Waals surface area contributed by atoms with Crippen LogP contribution in [0.5, 0.6) is 5.75 Å². The van der Waals surface area contributed by atoms with Crippen LogP contribution in [0, 0.1) is 13.8 Å². The standard InChI is InChI=1S/C23H20F3NO6/c1-11-6-4-7-13(16(11)20(28)29)8-5-9-14-18(27-22(31)23(24,25)26)17-15(10-33-21(17)30)12(2)19(14)32-3/h4-8H,9-10H2,1-3H3,(H,27,31)(H,28,29)/b8-5+. The van der Waals surface area contributed by atoms with E-state index in [9.17, 15) is 32.7 Å². The van der Waals surface area contributed by atoms with Crippen molar-refractivity contribution in [3.63, 3.8) is 0 Å². The van der Waals surface area contributed by atoms with Crippen molar-refractivity contribution >= 4 is 29.6 Å². The van der Waals surface area contributed by atoms with Crippen LogP contribution in [0.25, 0.3) is 6.08 Å². The van der Waals surface area contributed by atoms with Crippen molar-refractivity contribution in [2.24, 2.45) is 0 Å². The number of aryl methyl sites for hydroxylation is 1. The van der Waals surface area contributed by atoms with Gasteiger partial charge in [-0.2, -0.15) is 13.2 Å². The molecule has 0 saturated carbocycles. The molecule has 0 radical (unpaired) electrons. The lowest BCUT2D eigenvalue weighted by Gasteiger charge is -2.20. The molecular formula is C23H20F3NO6. The molecule has 0 aliphatic carbocycles. The highest BCUT2D eigenvalue weighted by Crippen LogP contribution is 2.42. The second-order valence-corrected chi connectivity index (χ2v) is 7.34. The summed E-state index contributed by atoms with van der Waals surface area (Å²) in [5.41, 5.74) is 1.46. The first kappa shape index (κ1) is 23.8. The summed E-state index contributed by atoms with van der Waals surface area (Å²) in [7, 11) is 1.32. The van der Waals surface area contributed by atoms with Gasteiger partial charge in [0.1, 0.15) is 12.4 Å². The maximum atomic E-state index is 13.0. The van der Waals surface area contributed by atoms with Crippen molar-refractivity contribution in [3.8, 4) is 5.75 Å². The quantitative estimate of drug-likeness (QED) is 0.615. The van der Waals surface area contributed by atoms with Gasteiger partial charge in [-0.3, -0.25) is 4.79 Å². The molecule has 1 aliphatic rings. The van der Waals surface area contributed by atoms with E-state index in [1.807, 2.05) is 0 Å². The number of cyclic esters (lactones) is 1. The van der Waals surface area contributed by atoms with Gasteiger partial charge in [0.15, 0.2) is 0 Å². The molecule has 0 saturated heterocycles. The maximum absolute atomic E-state index is 13.0. The lowest BCUT2D eigenvalue weighted by molar-refractivity contribution is -0.167. The molecule has 1 aliphatic heterocycles. The molecule has 0 bridgehead atoms. The summed E-state index contributed by atoms with van der Waals surface area (Å²) >= 11 is 0. The number of methoxy groups -OCH3 is 1. The number of ether oxygens (including phenoxy) is 2. The molecule has 174 valence electrons. The lowest BCUT2D eigenvalue weighted by atomic mass is 9.93. The summed E-state index contributed by atoms with van der Waals surface area (Å²) in [6, 6.07) is 4.90. The summed E-state index contributed by atoms with van der Waals surface area (Å²) in [5, 5.41) is 11.3. The highest BCUT2D eigenvalue weighted by molar-refractivity contribution is 6.07. The van der Waals surface area contributed by atoms with Crippen molar-refractivity contribution in [2.75, 3.05) is 12.4 Å². The van der Waals surface area contributed by atoms with Crippen LogP contribution in [0.4, 0.5) is 18.9 Å². The first-order valence-corrected chi connectivity index (χ1v) is 9.74. The largest absolute Gasteiger partial charge is 0.496 e. The predicted molar refractivity (Wildman–Crippen MR) is 112 cm³/mol. The molecule has 2 N–H and O–H groups in total. The number of nitrogens with one attached hydrogen (secondary N) is 1. The van der Waals surface area contributed by atoms with E-state index in [1.165, 1.54) is 19.3 Å². The molecule has 0 unspecified atom stereocenters. The molecule has 3 rings (SSSR count). The Kier molecular flexibility index (Phi) is 6.48. The maximum Gasteiger partial charge on any atom is 0.471 e. The molecule has 0 atom stereocenters. The second-order valence-electron chi connectivity index (χ2n) is 7.34. The van der Waals surface area contributed by atoms with Gasteiger partial charge in [-0.15, -0.1) is 0 Å². The number of esters is 1. The first-order chi connectivity index (χ1) is 15.5. The number of fused-ring (bicyclic) bond motifs is 1. The number of carbonyl (C=O) groups is 3. The Morgan fingerprint density at radius 1 is 1.27 bits per heavy atom. The Hall–Kier alpha value is -3.82. The average Bonchev–Trinajstić information content (AvgIpc) is 3.11. The lowest BCUT2D eigenvalue weighted by Crippen LogP contribution is -2.31. The van der Waals surface area contributed by atoms with Gasteiger partial charge in [-0.1, -0.05) is 30.4 Å². The van der Waals surface area contributed by atoms with E-state index in [-0.39, 0.29) is 41.2 Å². The van der Waals surface area contributed by atoms with Gasteiger partial charge in [0.25, 0.3) is 0 Å². The fourth-order valence-electron chi connectivity index (χ4n) is 3.80. The van der Waals surface area contributed by atoms with E-state index in [0.29, 0.717) is 22.3 Å². The third kappa shape index (κ3) is 4.55. The number of allylic oxidation sites excluding steroid dienone is 1. The monoisotopic (exact) mass is 463 g/mol. The number of amides is 1. The van der Waals surface area contributed by atoms with Gasteiger partial charge in [-0.25, -0.2) is 9.59 Å². The van der Waals surface area contributed by atoms with Crippen LogP contribution in [-0.2, 0) is 22.6 Å². The highest BCUT2D eigenvalue weighted by Gasteiger charge is 2.41. The van der Waals surface area contributed by atoms with E-state index in [1.54, 1.807) is 37.4 Å². The molecule has 2 aromatic carbocycles. The number of aromatic carboxylic acids is 1. The number of benzene rings is 2. The van der Waals surface area contributed by atoms with Crippen LogP contribution in [-0.4, -0.2) is 36.2 Å². The molecular weight excluding hydrogens is 443 g/mol. The normalized spacial score (nSPS) is 13.1. The minimum atomic E-state index is -5.18. The zero-order valence-corrected chi connectivity index (χ0v) is 17.9. The third-order valence-corrected chi connectivity index (χ3v) is 5.31. The molecule has 1 amide bonds. The Balaban J connectivity index is 2.12. The predicted octanol–water partition coefficient (Wildman–Crippen LogP) is 4.44. The summed E-state index contributed by atoms with van der Waals surface area (Å²) < 4.78 is 49.3. The van der Waals surface area contributed by atoms with Crippen LogP contribution in [0.2, 0.25) is 0 Å².